The van der Waals surface area contributed by atoms with Gasteiger partial charge in [0.2, 0.25) is 5.88 Å². The van der Waals surface area contributed by atoms with Gasteiger partial charge in [0.05, 0.1) is 18.1 Å². The van der Waals surface area contributed by atoms with E-state index in [9.17, 15) is 9.59 Å². The van der Waals surface area contributed by atoms with Crippen LogP contribution < -0.4 is 10.1 Å². The number of aromatic amines is 1. The van der Waals surface area contributed by atoms with E-state index in [4.69, 9.17) is 9.84 Å². The van der Waals surface area contributed by atoms with Crippen molar-refractivity contribution in [1.29, 1.82) is 0 Å². The largest absolute Gasteiger partial charge is 0.481 e. The van der Waals surface area contributed by atoms with Gasteiger partial charge >= 0.3 is 5.97 Å². The van der Waals surface area contributed by atoms with Crippen LogP contribution in [-0.2, 0) is 11.2 Å². The molecular weight excluding hydrogens is 322 g/mol. The van der Waals surface area contributed by atoms with E-state index < -0.39 is 5.97 Å². The fourth-order valence-electron chi connectivity index (χ4n) is 2.48. The van der Waals surface area contributed by atoms with Crippen LogP contribution in [-0.4, -0.2) is 34.1 Å². The maximum absolute atomic E-state index is 12.4. The predicted octanol–water partition coefficient (Wildman–Crippen LogP) is 2.84. The van der Waals surface area contributed by atoms with E-state index in [0.29, 0.717) is 29.2 Å². The molecule has 3 rings (SSSR count). The summed E-state index contributed by atoms with van der Waals surface area (Å²) >= 11 is 0. The number of nitrogens with zero attached hydrogens (tertiary/aromatic N) is 1. The van der Waals surface area contributed by atoms with Gasteiger partial charge < -0.3 is 20.1 Å². The number of rotatable bonds is 6. The summed E-state index contributed by atoms with van der Waals surface area (Å²) < 4.78 is 5.07. The second-order valence-corrected chi connectivity index (χ2v) is 5.52. The van der Waals surface area contributed by atoms with Crippen LogP contribution in [0.5, 0.6) is 5.88 Å². The van der Waals surface area contributed by atoms with Gasteiger partial charge in [0, 0.05) is 18.2 Å². The highest BCUT2D eigenvalue weighted by atomic mass is 16.5. The van der Waals surface area contributed by atoms with Gasteiger partial charge in [-0.25, -0.2) is 4.98 Å². The third kappa shape index (κ3) is 3.95. The lowest BCUT2D eigenvalue weighted by Gasteiger charge is -2.06. The molecule has 0 aliphatic carbocycles. The zero-order chi connectivity index (χ0) is 17.8. The molecular formula is C18H17N3O4. The number of carbonyl (C=O) groups is 2. The lowest BCUT2D eigenvalue weighted by Crippen LogP contribution is -2.12. The maximum atomic E-state index is 12.4. The number of aryl methyl sites for hydroxylation is 1. The first kappa shape index (κ1) is 16.5. The van der Waals surface area contributed by atoms with Crippen molar-refractivity contribution in [2.75, 3.05) is 12.4 Å². The molecule has 0 bridgehead atoms. The molecule has 0 saturated carbocycles. The lowest BCUT2D eigenvalue weighted by molar-refractivity contribution is -0.136. The zero-order valence-electron chi connectivity index (χ0n) is 13.6. The molecule has 1 aromatic carbocycles. The van der Waals surface area contributed by atoms with E-state index in [2.05, 4.69) is 15.3 Å². The Morgan fingerprint density at radius 2 is 2.08 bits per heavy atom. The van der Waals surface area contributed by atoms with Crippen molar-refractivity contribution >= 4 is 28.6 Å². The molecule has 0 aliphatic rings. The number of amides is 1. The van der Waals surface area contributed by atoms with Gasteiger partial charge in [-0.1, -0.05) is 12.1 Å². The van der Waals surface area contributed by atoms with Gasteiger partial charge in [0.15, 0.2) is 0 Å². The smallest absolute Gasteiger partial charge is 0.303 e. The lowest BCUT2D eigenvalue weighted by atomic mass is 10.1. The summed E-state index contributed by atoms with van der Waals surface area (Å²) in [5.74, 6) is -0.674. The molecule has 2 heterocycles. The van der Waals surface area contributed by atoms with E-state index in [0.717, 1.165) is 11.1 Å². The number of anilines is 1. The molecule has 0 unspecified atom stereocenters. The predicted molar refractivity (Wildman–Crippen MR) is 93.0 cm³/mol. The first-order valence-corrected chi connectivity index (χ1v) is 7.71. The summed E-state index contributed by atoms with van der Waals surface area (Å²) in [5.41, 5.74) is 3.22. The number of benzene rings is 1. The highest BCUT2D eigenvalue weighted by Crippen LogP contribution is 2.19. The van der Waals surface area contributed by atoms with Gasteiger partial charge in [-0.05, 0) is 36.2 Å². The minimum Gasteiger partial charge on any atom is -0.481 e. The molecule has 0 aliphatic heterocycles. The quantitative estimate of drug-likeness (QED) is 0.640. The Balaban J connectivity index is 1.75. The van der Waals surface area contributed by atoms with Gasteiger partial charge in [0.1, 0.15) is 5.69 Å². The molecule has 0 radical (unpaired) electrons. The Morgan fingerprint density at radius 3 is 2.84 bits per heavy atom. The van der Waals surface area contributed by atoms with E-state index >= 15 is 0 Å². The van der Waals surface area contributed by atoms with Gasteiger partial charge in [0.25, 0.3) is 5.91 Å². The Bertz CT molecular complexity index is 933. The number of H-pyrrole nitrogens is 1. The van der Waals surface area contributed by atoms with Crippen LogP contribution in [0.25, 0.3) is 11.0 Å². The molecule has 0 spiro atoms. The molecule has 3 aromatic rings. The number of fused-ring (bicyclic) bond motifs is 1. The Kier molecular flexibility index (Phi) is 4.65. The number of hydrogen-bond donors (Lipinski definition) is 3. The van der Waals surface area contributed by atoms with Crippen LogP contribution >= 0.6 is 0 Å². The fraction of sp³-hybridized carbons (Fsp3) is 0.167. The molecule has 0 fully saturated rings. The van der Waals surface area contributed by atoms with Crippen molar-refractivity contribution in [3.63, 3.8) is 0 Å². The maximum Gasteiger partial charge on any atom is 0.303 e. The second-order valence-electron chi connectivity index (χ2n) is 5.52. The SMILES string of the molecule is COc1ccc2[nH]c(C(=O)Nc3cccc(CCC(=O)O)c3)cc2n1. The molecule has 2 aromatic heterocycles. The summed E-state index contributed by atoms with van der Waals surface area (Å²) in [7, 11) is 1.53. The number of pyridine rings is 1. The van der Waals surface area contributed by atoms with Crippen LogP contribution in [0.2, 0.25) is 0 Å². The fourth-order valence-corrected chi connectivity index (χ4v) is 2.48. The van der Waals surface area contributed by atoms with Crippen molar-refractivity contribution in [3.8, 4) is 5.88 Å². The topological polar surface area (TPSA) is 104 Å². The summed E-state index contributed by atoms with van der Waals surface area (Å²) in [6.45, 7) is 0. The van der Waals surface area contributed by atoms with Crippen LogP contribution in [0.3, 0.4) is 0 Å². The number of carboxylic acids is 1. The molecule has 1 amide bonds. The summed E-state index contributed by atoms with van der Waals surface area (Å²) in [6, 6.07) is 12.3. The Labute approximate surface area is 143 Å². The normalized spacial score (nSPS) is 10.6. The molecule has 7 heteroatoms. The summed E-state index contributed by atoms with van der Waals surface area (Å²) in [5, 5.41) is 11.6. The minimum atomic E-state index is -0.851. The zero-order valence-corrected chi connectivity index (χ0v) is 13.6. The molecule has 25 heavy (non-hydrogen) atoms. The monoisotopic (exact) mass is 339 g/mol. The second kappa shape index (κ2) is 7.04. The molecule has 0 atom stereocenters. The van der Waals surface area contributed by atoms with E-state index in [1.54, 1.807) is 36.4 Å². The van der Waals surface area contributed by atoms with Crippen molar-refractivity contribution in [3.05, 3.63) is 53.7 Å². The van der Waals surface area contributed by atoms with Gasteiger partial charge in [-0.2, -0.15) is 0 Å². The molecule has 128 valence electrons. The minimum absolute atomic E-state index is 0.0485. The van der Waals surface area contributed by atoms with E-state index in [1.165, 1.54) is 7.11 Å². The first-order chi connectivity index (χ1) is 12.0. The number of nitrogens with one attached hydrogen (secondary N) is 2. The van der Waals surface area contributed by atoms with Crippen LogP contribution in [0, 0.1) is 0 Å². The highest BCUT2D eigenvalue weighted by Gasteiger charge is 2.11. The van der Waals surface area contributed by atoms with Gasteiger partial charge in [-0.15, -0.1) is 0 Å². The van der Waals surface area contributed by atoms with Crippen LogP contribution in [0.4, 0.5) is 5.69 Å². The number of aliphatic carboxylic acids is 1. The number of aromatic nitrogens is 2. The van der Waals surface area contributed by atoms with Crippen molar-refractivity contribution in [1.82, 2.24) is 9.97 Å². The summed E-state index contributed by atoms with van der Waals surface area (Å²) in [4.78, 5) is 30.4. The number of carboxylic acid groups (broad SMARTS) is 1. The molecule has 7 nitrogen and oxygen atoms in total. The van der Waals surface area contributed by atoms with E-state index in [-0.39, 0.29) is 12.3 Å². The van der Waals surface area contributed by atoms with Crippen LogP contribution in [0.15, 0.2) is 42.5 Å². The number of methoxy groups -OCH3 is 1. The average Bonchev–Trinajstić information content (AvgIpc) is 3.03. The number of carbonyl (C=O) groups excluding carboxylic acids is 1. The standard InChI is InChI=1S/C18H17N3O4/c1-25-16-7-6-13-14(21-16)10-15(20-13)18(24)19-12-4-2-3-11(9-12)5-8-17(22)23/h2-4,6-7,9-10,20H,5,8H2,1H3,(H,19,24)(H,22,23). The first-order valence-electron chi connectivity index (χ1n) is 7.71. The van der Waals surface area contributed by atoms with Crippen molar-refractivity contribution in [2.24, 2.45) is 0 Å². The number of hydrogen-bond acceptors (Lipinski definition) is 4. The Hall–Kier alpha value is -3.35. The van der Waals surface area contributed by atoms with Crippen LogP contribution in [0.1, 0.15) is 22.5 Å². The number of ether oxygens (including phenoxy) is 1. The third-order valence-electron chi connectivity index (χ3n) is 3.72. The average molecular weight is 339 g/mol. The van der Waals surface area contributed by atoms with Crippen molar-refractivity contribution < 1.29 is 19.4 Å². The van der Waals surface area contributed by atoms with E-state index in [1.807, 2.05) is 6.07 Å². The molecule has 0 saturated heterocycles. The highest BCUT2D eigenvalue weighted by molar-refractivity contribution is 6.05. The third-order valence-corrected chi connectivity index (χ3v) is 3.72. The summed E-state index contributed by atoms with van der Waals surface area (Å²) in [6.07, 6.45) is 0.460. The van der Waals surface area contributed by atoms with Crippen molar-refractivity contribution in [2.45, 2.75) is 12.8 Å². The molecule has 3 N–H and O–H groups in total. The van der Waals surface area contributed by atoms with Gasteiger partial charge in [-0.3, -0.25) is 9.59 Å². The Morgan fingerprint density at radius 1 is 1.24 bits per heavy atom.